The first-order valence-corrected chi connectivity index (χ1v) is 9.13. The molecule has 1 saturated heterocycles. The summed E-state index contributed by atoms with van der Waals surface area (Å²) in [6.45, 7) is 4.87. The summed E-state index contributed by atoms with van der Waals surface area (Å²) in [7, 11) is 0. The van der Waals surface area contributed by atoms with Gasteiger partial charge in [0.2, 0.25) is 0 Å². The van der Waals surface area contributed by atoms with Crippen LogP contribution in [-0.4, -0.2) is 36.3 Å². The molecule has 4 atom stereocenters. The maximum absolute atomic E-state index is 12.7. The number of hydrazone groups is 1. The molecular formula is C20H22N2O4. The lowest BCUT2D eigenvalue weighted by atomic mass is 9.85. The molecule has 0 N–H and O–H groups in total. The summed E-state index contributed by atoms with van der Waals surface area (Å²) in [6, 6.07) is 5.43. The largest absolute Gasteiger partial charge is 0.494 e. The first-order valence-electron chi connectivity index (χ1n) is 9.13. The van der Waals surface area contributed by atoms with Gasteiger partial charge in [-0.2, -0.15) is 10.1 Å². The number of benzene rings is 1. The van der Waals surface area contributed by atoms with Crippen molar-refractivity contribution in [3.63, 3.8) is 0 Å². The monoisotopic (exact) mass is 354 g/mol. The Hall–Kier alpha value is -2.63. The molecule has 1 aromatic rings. The minimum Gasteiger partial charge on any atom is -0.494 e. The van der Waals surface area contributed by atoms with Crippen LogP contribution in [0, 0.1) is 23.7 Å². The molecule has 0 radical (unpaired) electrons. The Labute approximate surface area is 152 Å². The van der Waals surface area contributed by atoms with Crippen LogP contribution in [0.5, 0.6) is 11.5 Å². The third-order valence-electron chi connectivity index (χ3n) is 5.36. The van der Waals surface area contributed by atoms with Gasteiger partial charge in [-0.25, -0.2) is 0 Å². The predicted molar refractivity (Wildman–Crippen MR) is 95.9 cm³/mol. The van der Waals surface area contributed by atoms with Gasteiger partial charge < -0.3 is 9.47 Å². The number of allylic oxidation sites excluding steroid dienone is 2. The van der Waals surface area contributed by atoms with Gasteiger partial charge in [0, 0.05) is 11.6 Å². The number of amides is 2. The van der Waals surface area contributed by atoms with Gasteiger partial charge in [0.25, 0.3) is 11.8 Å². The van der Waals surface area contributed by atoms with E-state index in [0.717, 1.165) is 11.4 Å². The van der Waals surface area contributed by atoms with Crippen LogP contribution in [0.15, 0.2) is 35.5 Å². The number of fused-ring (bicyclic) bond motifs is 5. The summed E-state index contributed by atoms with van der Waals surface area (Å²) in [4.78, 5) is 25.3. The van der Waals surface area contributed by atoms with E-state index in [-0.39, 0.29) is 35.5 Å². The van der Waals surface area contributed by atoms with E-state index in [2.05, 4.69) is 17.3 Å². The van der Waals surface area contributed by atoms with E-state index < -0.39 is 0 Å². The van der Waals surface area contributed by atoms with Crippen molar-refractivity contribution in [1.29, 1.82) is 0 Å². The van der Waals surface area contributed by atoms with Gasteiger partial charge in [0.05, 0.1) is 31.3 Å². The lowest BCUT2D eigenvalue weighted by Crippen LogP contribution is -2.28. The smallest absolute Gasteiger partial charge is 0.254 e. The van der Waals surface area contributed by atoms with E-state index >= 15 is 0 Å². The van der Waals surface area contributed by atoms with Crippen LogP contribution in [0.1, 0.15) is 25.8 Å². The average molecular weight is 354 g/mol. The van der Waals surface area contributed by atoms with Gasteiger partial charge >= 0.3 is 0 Å². The SMILES string of the molecule is CCOc1ccc(C=NN2C(=O)[C@@H]3[C@H](C2=O)[C@H]2C=C[C@H]3C2)c(OCC)c1. The fourth-order valence-corrected chi connectivity index (χ4v) is 4.28. The Bertz CT molecular complexity index is 771. The molecule has 1 aromatic carbocycles. The Morgan fingerprint density at radius 3 is 2.35 bits per heavy atom. The van der Waals surface area contributed by atoms with Crippen LogP contribution in [0.25, 0.3) is 0 Å². The first kappa shape index (κ1) is 16.8. The molecule has 0 spiro atoms. The molecule has 1 aliphatic heterocycles. The Balaban J connectivity index is 1.57. The van der Waals surface area contributed by atoms with Crippen LogP contribution in [0.2, 0.25) is 0 Å². The summed E-state index contributed by atoms with van der Waals surface area (Å²) in [5, 5.41) is 5.26. The number of hydrogen-bond donors (Lipinski definition) is 0. The fraction of sp³-hybridized carbons (Fsp3) is 0.450. The highest BCUT2D eigenvalue weighted by Gasteiger charge is 2.59. The molecule has 2 aliphatic carbocycles. The van der Waals surface area contributed by atoms with Crippen molar-refractivity contribution in [2.75, 3.05) is 13.2 Å². The zero-order valence-electron chi connectivity index (χ0n) is 14.9. The maximum atomic E-state index is 12.7. The second-order valence-electron chi connectivity index (χ2n) is 6.80. The van der Waals surface area contributed by atoms with Crippen LogP contribution >= 0.6 is 0 Å². The number of nitrogens with zero attached hydrogens (tertiary/aromatic N) is 2. The Morgan fingerprint density at radius 2 is 1.73 bits per heavy atom. The summed E-state index contributed by atoms with van der Waals surface area (Å²) in [6.07, 6.45) is 6.58. The third-order valence-corrected chi connectivity index (χ3v) is 5.36. The van der Waals surface area contributed by atoms with Crippen molar-refractivity contribution in [2.45, 2.75) is 20.3 Å². The number of rotatable bonds is 6. The molecule has 0 aromatic heterocycles. The van der Waals surface area contributed by atoms with Crippen molar-refractivity contribution < 1.29 is 19.1 Å². The van der Waals surface area contributed by atoms with Crippen molar-refractivity contribution in [2.24, 2.45) is 28.8 Å². The summed E-state index contributed by atoms with van der Waals surface area (Å²) < 4.78 is 11.1. The molecular weight excluding hydrogens is 332 g/mol. The standard InChI is InChI=1S/C20H22N2O4/c1-3-25-15-8-7-14(16(10-15)26-4-2)11-21-22-19(23)17-12-5-6-13(9-12)18(17)20(22)24/h5-8,10-13,17-18H,3-4,9H2,1-2H3/t12-,13-,17-,18+/m0/s1. The van der Waals surface area contributed by atoms with Crippen LogP contribution in [0.4, 0.5) is 0 Å². The van der Waals surface area contributed by atoms with E-state index in [1.807, 2.05) is 26.0 Å². The normalized spacial score (nSPS) is 29.1. The van der Waals surface area contributed by atoms with E-state index in [1.165, 1.54) is 6.21 Å². The topological polar surface area (TPSA) is 68.2 Å². The fourth-order valence-electron chi connectivity index (χ4n) is 4.28. The second kappa shape index (κ2) is 6.59. The van der Waals surface area contributed by atoms with Gasteiger partial charge in [0.1, 0.15) is 11.5 Å². The van der Waals surface area contributed by atoms with E-state index in [4.69, 9.17) is 9.47 Å². The predicted octanol–water partition coefficient (Wildman–Crippen LogP) is 2.63. The number of imide groups is 1. The quantitative estimate of drug-likeness (QED) is 0.447. The summed E-state index contributed by atoms with van der Waals surface area (Å²) in [5.74, 6) is 0.857. The average Bonchev–Trinajstić information content (AvgIpc) is 3.30. The molecule has 2 fully saturated rings. The lowest BCUT2D eigenvalue weighted by molar-refractivity contribution is -0.140. The summed E-state index contributed by atoms with van der Waals surface area (Å²) in [5.41, 5.74) is 0.703. The highest BCUT2D eigenvalue weighted by Crippen LogP contribution is 2.52. The highest BCUT2D eigenvalue weighted by molar-refractivity contribution is 6.06. The zero-order chi connectivity index (χ0) is 18.3. The maximum Gasteiger partial charge on any atom is 0.254 e. The first-order chi connectivity index (χ1) is 12.6. The van der Waals surface area contributed by atoms with Crippen molar-refractivity contribution in [3.8, 4) is 11.5 Å². The Kier molecular flexibility index (Phi) is 4.26. The summed E-state index contributed by atoms with van der Waals surface area (Å²) >= 11 is 0. The third kappa shape index (κ3) is 2.60. The van der Waals surface area contributed by atoms with E-state index in [0.29, 0.717) is 30.3 Å². The van der Waals surface area contributed by atoms with Crippen molar-refractivity contribution in [1.82, 2.24) is 5.01 Å². The molecule has 6 nitrogen and oxygen atoms in total. The van der Waals surface area contributed by atoms with Crippen LogP contribution < -0.4 is 9.47 Å². The van der Waals surface area contributed by atoms with Crippen LogP contribution in [0.3, 0.4) is 0 Å². The molecule has 2 bridgehead atoms. The molecule has 3 aliphatic rings. The van der Waals surface area contributed by atoms with E-state index in [1.54, 1.807) is 6.07 Å². The number of carbonyl (C=O) groups is 2. The second-order valence-corrected chi connectivity index (χ2v) is 6.80. The minimum absolute atomic E-state index is 0.183. The van der Waals surface area contributed by atoms with E-state index in [9.17, 15) is 9.59 Å². The Morgan fingerprint density at radius 1 is 1.08 bits per heavy atom. The molecule has 26 heavy (non-hydrogen) atoms. The highest BCUT2D eigenvalue weighted by atomic mass is 16.5. The molecule has 1 saturated carbocycles. The minimum atomic E-state index is -0.235. The lowest BCUT2D eigenvalue weighted by Gasteiger charge is -2.13. The number of ether oxygens (including phenoxy) is 2. The van der Waals surface area contributed by atoms with Crippen LogP contribution in [-0.2, 0) is 9.59 Å². The zero-order valence-corrected chi connectivity index (χ0v) is 14.9. The number of carbonyl (C=O) groups excluding carboxylic acids is 2. The van der Waals surface area contributed by atoms with Gasteiger partial charge in [-0.3, -0.25) is 9.59 Å². The van der Waals surface area contributed by atoms with Gasteiger partial charge in [0.15, 0.2) is 0 Å². The van der Waals surface area contributed by atoms with Crippen molar-refractivity contribution in [3.05, 3.63) is 35.9 Å². The van der Waals surface area contributed by atoms with Gasteiger partial charge in [-0.1, -0.05) is 12.2 Å². The molecule has 2 amide bonds. The van der Waals surface area contributed by atoms with Gasteiger partial charge in [-0.15, -0.1) is 0 Å². The van der Waals surface area contributed by atoms with Crippen molar-refractivity contribution >= 4 is 18.0 Å². The molecule has 136 valence electrons. The number of hydrogen-bond acceptors (Lipinski definition) is 5. The molecule has 1 heterocycles. The molecule has 6 heteroatoms. The van der Waals surface area contributed by atoms with Gasteiger partial charge in [-0.05, 0) is 44.2 Å². The molecule has 4 rings (SSSR count). The molecule has 0 unspecified atom stereocenters.